The Kier molecular flexibility index (Phi) is 6.02. The molecule has 0 saturated carbocycles. The number of nitrogens with zero attached hydrogens (tertiary/aromatic N) is 3. The maximum absolute atomic E-state index is 13.6. The fraction of sp³-hybridized carbons (Fsp3) is 0.385. The molecule has 1 aromatic heterocycles. The van der Waals surface area contributed by atoms with E-state index in [1.54, 1.807) is 21.9 Å². The van der Waals surface area contributed by atoms with Crippen molar-refractivity contribution in [3.05, 3.63) is 75.5 Å². The van der Waals surface area contributed by atoms with Gasteiger partial charge in [0.1, 0.15) is 6.04 Å². The van der Waals surface area contributed by atoms with Crippen LogP contribution in [-0.4, -0.2) is 63.4 Å². The summed E-state index contributed by atoms with van der Waals surface area (Å²) >= 11 is 0. The Hall–Kier alpha value is -3.72. The number of aromatic nitrogens is 1. The topological polar surface area (TPSA) is 109 Å². The molecule has 2 atom stereocenters. The molecule has 0 radical (unpaired) electrons. The van der Waals surface area contributed by atoms with Crippen LogP contribution in [0.3, 0.4) is 0 Å². The van der Waals surface area contributed by atoms with Crippen molar-refractivity contribution in [2.45, 2.75) is 44.9 Å². The Morgan fingerprint density at radius 1 is 1.17 bits per heavy atom. The number of aromatic amines is 1. The van der Waals surface area contributed by atoms with Gasteiger partial charge in [-0.15, -0.1) is 0 Å². The van der Waals surface area contributed by atoms with E-state index in [1.165, 1.54) is 12.1 Å². The summed E-state index contributed by atoms with van der Waals surface area (Å²) in [6, 6.07) is 12.9. The Balaban J connectivity index is 1.55. The summed E-state index contributed by atoms with van der Waals surface area (Å²) in [6.07, 6.45) is 1.16. The zero-order valence-corrected chi connectivity index (χ0v) is 19.8. The van der Waals surface area contributed by atoms with Gasteiger partial charge in [0.2, 0.25) is 11.8 Å². The summed E-state index contributed by atoms with van der Waals surface area (Å²) in [5.74, 6) is -0.263. The highest BCUT2D eigenvalue weighted by Gasteiger charge is 2.48. The van der Waals surface area contributed by atoms with E-state index in [0.29, 0.717) is 31.6 Å². The fourth-order valence-electron chi connectivity index (χ4n) is 5.24. The second-order valence-corrected chi connectivity index (χ2v) is 9.37. The van der Waals surface area contributed by atoms with E-state index in [1.807, 2.05) is 38.1 Å². The average Bonchev–Trinajstić information content (AvgIpc) is 3.21. The van der Waals surface area contributed by atoms with Crippen molar-refractivity contribution in [3.63, 3.8) is 0 Å². The van der Waals surface area contributed by atoms with Gasteiger partial charge in [0.15, 0.2) is 0 Å². The van der Waals surface area contributed by atoms with Crippen molar-refractivity contribution < 1.29 is 19.2 Å². The molecule has 5 rings (SSSR count). The Labute approximate surface area is 202 Å². The van der Waals surface area contributed by atoms with Gasteiger partial charge < -0.3 is 19.5 Å². The molecular weight excluding hydrogens is 448 g/mol. The van der Waals surface area contributed by atoms with Crippen molar-refractivity contribution in [1.82, 2.24) is 14.8 Å². The van der Waals surface area contributed by atoms with Gasteiger partial charge in [0.05, 0.1) is 23.6 Å². The number of H-pyrrole nitrogens is 1. The molecular formula is C26H28N4O5. The highest BCUT2D eigenvalue weighted by molar-refractivity contribution is 5.97. The average molecular weight is 477 g/mol. The van der Waals surface area contributed by atoms with Gasteiger partial charge in [-0.3, -0.25) is 19.7 Å². The molecule has 0 aliphatic carbocycles. The van der Waals surface area contributed by atoms with E-state index in [-0.39, 0.29) is 30.2 Å². The van der Waals surface area contributed by atoms with Crippen LogP contribution in [0.25, 0.3) is 10.9 Å². The first kappa shape index (κ1) is 23.0. The number of nitro groups is 1. The lowest BCUT2D eigenvalue weighted by Gasteiger charge is -2.47. The lowest BCUT2D eigenvalue weighted by atomic mass is 9.86. The minimum Gasteiger partial charge on any atom is -0.379 e. The predicted molar refractivity (Wildman–Crippen MR) is 130 cm³/mol. The minimum atomic E-state index is -0.668. The number of hydrogen-bond donors (Lipinski definition) is 1. The second kappa shape index (κ2) is 9.14. The number of non-ortho nitro benzene ring substituents is 1. The zero-order chi connectivity index (χ0) is 24.7. The standard InChI is InChI=1S/C26H28N4O5/c1-16(2)35-12-6-11-28-15-23(31)29-22(26(28)32)14-20-19-9-3-4-10-21(19)27-24(20)25(29)17-7-5-8-18(13-17)30(33)34/h3-5,7-10,13,16,22,25,27H,6,11-12,14-15H2,1-2H3. The van der Waals surface area contributed by atoms with Gasteiger partial charge >= 0.3 is 0 Å². The van der Waals surface area contributed by atoms with Gasteiger partial charge in [-0.05, 0) is 37.5 Å². The van der Waals surface area contributed by atoms with E-state index in [2.05, 4.69) is 4.98 Å². The number of piperazine rings is 1. The molecule has 35 heavy (non-hydrogen) atoms. The largest absolute Gasteiger partial charge is 0.379 e. The molecule has 1 fully saturated rings. The summed E-state index contributed by atoms with van der Waals surface area (Å²) in [7, 11) is 0. The van der Waals surface area contributed by atoms with Crippen LogP contribution in [0.5, 0.6) is 0 Å². The van der Waals surface area contributed by atoms with Crippen LogP contribution in [0.15, 0.2) is 48.5 Å². The van der Waals surface area contributed by atoms with Gasteiger partial charge in [0.25, 0.3) is 5.69 Å². The minimum absolute atomic E-state index is 0.0159. The van der Waals surface area contributed by atoms with Gasteiger partial charge in [-0.1, -0.05) is 30.3 Å². The Morgan fingerprint density at radius 3 is 2.74 bits per heavy atom. The number of carbonyl (C=O) groups is 2. The number of amides is 2. The summed E-state index contributed by atoms with van der Waals surface area (Å²) < 4.78 is 5.60. The Morgan fingerprint density at radius 2 is 1.97 bits per heavy atom. The monoisotopic (exact) mass is 476 g/mol. The predicted octanol–water partition coefficient (Wildman–Crippen LogP) is 3.58. The maximum atomic E-state index is 13.6. The van der Waals surface area contributed by atoms with Crippen LogP contribution in [0.1, 0.15) is 43.1 Å². The van der Waals surface area contributed by atoms with Crippen LogP contribution in [0.2, 0.25) is 0 Å². The van der Waals surface area contributed by atoms with E-state index in [0.717, 1.165) is 22.2 Å². The third-order valence-corrected chi connectivity index (χ3v) is 6.76. The van der Waals surface area contributed by atoms with E-state index < -0.39 is 17.0 Å². The smallest absolute Gasteiger partial charge is 0.269 e. The van der Waals surface area contributed by atoms with Crippen LogP contribution in [0.4, 0.5) is 5.69 Å². The van der Waals surface area contributed by atoms with E-state index in [9.17, 15) is 19.7 Å². The number of carbonyl (C=O) groups excluding carboxylic acids is 2. The van der Waals surface area contributed by atoms with E-state index in [4.69, 9.17) is 4.74 Å². The highest BCUT2D eigenvalue weighted by Crippen LogP contribution is 2.43. The SMILES string of the molecule is CC(C)OCCCN1CC(=O)N2C(Cc3c([nH]c4ccccc34)C2c2cccc([N+](=O)[O-])c2)C1=O. The molecule has 2 unspecified atom stereocenters. The molecule has 1 N–H and O–H groups in total. The third kappa shape index (κ3) is 4.16. The lowest BCUT2D eigenvalue weighted by molar-refractivity contribution is -0.384. The molecule has 2 amide bonds. The van der Waals surface area contributed by atoms with Crippen molar-refractivity contribution in [3.8, 4) is 0 Å². The highest BCUT2D eigenvalue weighted by atomic mass is 16.6. The summed E-state index contributed by atoms with van der Waals surface area (Å²) in [5.41, 5.74) is 3.25. The molecule has 1 saturated heterocycles. The van der Waals surface area contributed by atoms with Gasteiger partial charge in [-0.2, -0.15) is 0 Å². The number of ether oxygens (including phenoxy) is 1. The number of benzene rings is 2. The number of hydrogen-bond acceptors (Lipinski definition) is 5. The molecule has 0 spiro atoms. The quantitative estimate of drug-likeness (QED) is 0.319. The van der Waals surface area contributed by atoms with Crippen molar-refractivity contribution in [1.29, 1.82) is 0 Å². The van der Waals surface area contributed by atoms with Crippen molar-refractivity contribution in [2.24, 2.45) is 0 Å². The molecule has 2 aliphatic rings. The first-order valence-electron chi connectivity index (χ1n) is 11.9. The number of fused-ring (bicyclic) bond motifs is 4. The molecule has 2 aromatic carbocycles. The lowest BCUT2D eigenvalue weighted by Crippen LogP contribution is -2.63. The number of rotatable bonds is 7. The van der Waals surface area contributed by atoms with Crippen molar-refractivity contribution in [2.75, 3.05) is 19.7 Å². The zero-order valence-electron chi connectivity index (χ0n) is 19.8. The van der Waals surface area contributed by atoms with Crippen LogP contribution in [0, 0.1) is 10.1 Å². The molecule has 2 aliphatic heterocycles. The second-order valence-electron chi connectivity index (χ2n) is 9.37. The summed E-state index contributed by atoms with van der Waals surface area (Å²) in [5, 5.41) is 12.5. The van der Waals surface area contributed by atoms with Gasteiger partial charge in [0, 0.05) is 48.3 Å². The molecule has 9 heteroatoms. The first-order valence-corrected chi connectivity index (χ1v) is 11.9. The number of nitrogens with one attached hydrogen (secondary N) is 1. The molecule has 3 heterocycles. The molecule has 0 bridgehead atoms. The fourth-order valence-corrected chi connectivity index (χ4v) is 5.24. The molecule has 182 valence electrons. The van der Waals surface area contributed by atoms with Crippen LogP contribution < -0.4 is 0 Å². The van der Waals surface area contributed by atoms with E-state index >= 15 is 0 Å². The maximum Gasteiger partial charge on any atom is 0.269 e. The third-order valence-electron chi connectivity index (χ3n) is 6.76. The van der Waals surface area contributed by atoms with Gasteiger partial charge in [-0.25, -0.2) is 0 Å². The van der Waals surface area contributed by atoms with Crippen LogP contribution in [-0.2, 0) is 20.7 Å². The first-order chi connectivity index (χ1) is 16.8. The molecule has 3 aromatic rings. The summed E-state index contributed by atoms with van der Waals surface area (Å²) in [6.45, 7) is 4.87. The normalized spacial score (nSPS) is 19.9. The Bertz CT molecular complexity index is 1300. The molecule has 9 nitrogen and oxygen atoms in total. The number of nitro benzene ring substituents is 1. The summed E-state index contributed by atoms with van der Waals surface area (Å²) in [4.78, 5) is 44.9. The number of para-hydroxylation sites is 1. The van der Waals surface area contributed by atoms with Crippen LogP contribution >= 0.6 is 0 Å². The van der Waals surface area contributed by atoms with Crippen molar-refractivity contribution >= 4 is 28.4 Å².